The second-order valence-electron chi connectivity index (χ2n) is 3.26. The van der Waals surface area contributed by atoms with Crippen LogP contribution in [0.5, 0.6) is 0 Å². The summed E-state index contributed by atoms with van der Waals surface area (Å²) < 4.78 is 13.0. The van der Waals surface area contributed by atoms with Crippen molar-refractivity contribution in [2.75, 3.05) is 6.61 Å². The van der Waals surface area contributed by atoms with Crippen molar-refractivity contribution in [2.45, 2.75) is 17.9 Å². The number of nitriles is 1. The zero-order valence-corrected chi connectivity index (χ0v) is 9.22. The summed E-state index contributed by atoms with van der Waals surface area (Å²) in [7, 11) is 0. The van der Waals surface area contributed by atoms with Crippen LogP contribution in [0.25, 0.3) is 0 Å². The molecular weight excluding hydrogens is 213 g/mol. The Hall–Kier alpha value is -1.05. The molecule has 0 aromatic heterocycles. The fourth-order valence-electron chi connectivity index (χ4n) is 1.09. The molecule has 0 aliphatic carbocycles. The van der Waals surface area contributed by atoms with Crippen LogP contribution in [0.1, 0.15) is 18.1 Å². The SMILES string of the molecule is CC(CO)SCc1cc(F)cc(C#N)c1. The Morgan fingerprint density at radius 3 is 2.87 bits per heavy atom. The van der Waals surface area contributed by atoms with Crippen LogP contribution in [0.3, 0.4) is 0 Å². The van der Waals surface area contributed by atoms with Crippen molar-refractivity contribution in [3.05, 3.63) is 35.1 Å². The molecule has 15 heavy (non-hydrogen) atoms. The first-order valence-corrected chi connectivity index (χ1v) is 5.62. The minimum atomic E-state index is -0.388. The molecule has 0 spiro atoms. The van der Waals surface area contributed by atoms with E-state index in [1.807, 2.05) is 13.0 Å². The first-order chi connectivity index (χ1) is 7.15. The van der Waals surface area contributed by atoms with Crippen LogP contribution in [0.2, 0.25) is 0 Å². The third-order valence-electron chi connectivity index (χ3n) is 1.88. The summed E-state index contributed by atoms with van der Waals surface area (Å²) >= 11 is 1.53. The lowest BCUT2D eigenvalue weighted by Gasteiger charge is -2.07. The van der Waals surface area contributed by atoms with Gasteiger partial charge in [0.25, 0.3) is 0 Å². The second kappa shape index (κ2) is 5.74. The van der Waals surface area contributed by atoms with Crippen molar-refractivity contribution in [3.8, 4) is 6.07 Å². The van der Waals surface area contributed by atoms with Gasteiger partial charge < -0.3 is 5.11 Å². The molecule has 0 saturated carbocycles. The molecular formula is C11H12FNOS. The second-order valence-corrected chi connectivity index (χ2v) is 4.69. The van der Waals surface area contributed by atoms with E-state index in [9.17, 15) is 4.39 Å². The van der Waals surface area contributed by atoms with E-state index in [0.29, 0.717) is 11.3 Å². The van der Waals surface area contributed by atoms with Crippen molar-refractivity contribution in [1.29, 1.82) is 5.26 Å². The number of thioether (sulfide) groups is 1. The van der Waals surface area contributed by atoms with Gasteiger partial charge in [-0.1, -0.05) is 6.92 Å². The molecule has 1 unspecified atom stereocenters. The first kappa shape index (κ1) is 12.0. The number of hydrogen-bond donors (Lipinski definition) is 1. The van der Waals surface area contributed by atoms with Gasteiger partial charge in [0.2, 0.25) is 0 Å². The summed E-state index contributed by atoms with van der Waals surface area (Å²) in [5, 5.41) is 17.6. The Labute approximate surface area is 92.7 Å². The highest BCUT2D eigenvalue weighted by atomic mass is 32.2. The van der Waals surface area contributed by atoms with E-state index in [-0.39, 0.29) is 17.7 Å². The Bertz CT molecular complexity index is 375. The lowest BCUT2D eigenvalue weighted by atomic mass is 10.1. The van der Waals surface area contributed by atoms with E-state index in [0.717, 1.165) is 5.56 Å². The predicted octanol–water partition coefficient (Wildman–Crippen LogP) is 2.31. The molecule has 1 aromatic carbocycles. The van der Waals surface area contributed by atoms with Crippen molar-refractivity contribution >= 4 is 11.8 Å². The van der Waals surface area contributed by atoms with E-state index < -0.39 is 0 Å². The van der Waals surface area contributed by atoms with Gasteiger partial charge in [-0.25, -0.2) is 4.39 Å². The molecule has 0 saturated heterocycles. The zero-order valence-electron chi connectivity index (χ0n) is 8.40. The first-order valence-electron chi connectivity index (χ1n) is 4.57. The number of benzene rings is 1. The van der Waals surface area contributed by atoms with Gasteiger partial charge in [0.05, 0.1) is 18.2 Å². The standard InChI is InChI=1S/C11H12FNOS/c1-8(6-14)15-7-10-2-9(5-13)3-11(12)4-10/h2-4,8,14H,6-7H2,1H3. The Balaban J connectivity index is 2.69. The molecule has 0 aliphatic rings. The summed E-state index contributed by atoms with van der Waals surface area (Å²) in [5.41, 5.74) is 1.11. The van der Waals surface area contributed by atoms with Gasteiger partial charge in [-0.05, 0) is 23.8 Å². The van der Waals surface area contributed by atoms with Gasteiger partial charge in [-0.15, -0.1) is 0 Å². The molecule has 80 valence electrons. The molecule has 0 aliphatic heterocycles. The Morgan fingerprint density at radius 2 is 2.27 bits per heavy atom. The highest BCUT2D eigenvalue weighted by molar-refractivity contribution is 7.99. The van der Waals surface area contributed by atoms with Gasteiger partial charge in [0.1, 0.15) is 5.82 Å². The van der Waals surface area contributed by atoms with Gasteiger partial charge in [0, 0.05) is 11.0 Å². The van der Waals surface area contributed by atoms with E-state index in [1.54, 1.807) is 6.07 Å². The molecule has 1 aromatic rings. The van der Waals surface area contributed by atoms with Crippen LogP contribution in [0, 0.1) is 17.1 Å². The maximum atomic E-state index is 13.0. The normalized spacial score (nSPS) is 12.1. The highest BCUT2D eigenvalue weighted by Gasteiger charge is 2.04. The van der Waals surface area contributed by atoms with Crippen molar-refractivity contribution in [2.24, 2.45) is 0 Å². The van der Waals surface area contributed by atoms with E-state index >= 15 is 0 Å². The number of aliphatic hydroxyl groups excluding tert-OH is 1. The van der Waals surface area contributed by atoms with E-state index in [1.165, 1.54) is 23.9 Å². The number of hydrogen-bond acceptors (Lipinski definition) is 3. The fraction of sp³-hybridized carbons (Fsp3) is 0.364. The Kier molecular flexibility index (Phi) is 4.60. The van der Waals surface area contributed by atoms with E-state index in [4.69, 9.17) is 10.4 Å². The number of halogens is 1. The smallest absolute Gasteiger partial charge is 0.124 e. The summed E-state index contributed by atoms with van der Waals surface area (Å²) in [5.74, 6) is 0.218. The van der Waals surface area contributed by atoms with Crippen LogP contribution in [0.15, 0.2) is 18.2 Å². The lowest BCUT2D eigenvalue weighted by molar-refractivity contribution is 0.300. The summed E-state index contributed by atoms with van der Waals surface area (Å²) in [4.78, 5) is 0. The van der Waals surface area contributed by atoms with Gasteiger partial charge in [-0.3, -0.25) is 0 Å². The quantitative estimate of drug-likeness (QED) is 0.855. The van der Waals surface area contributed by atoms with Crippen LogP contribution in [-0.4, -0.2) is 17.0 Å². The fourth-order valence-corrected chi connectivity index (χ4v) is 1.84. The molecule has 1 atom stereocenters. The molecule has 0 fully saturated rings. The van der Waals surface area contributed by atoms with Gasteiger partial charge in [-0.2, -0.15) is 17.0 Å². The Morgan fingerprint density at radius 1 is 1.53 bits per heavy atom. The monoisotopic (exact) mass is 225 g/mol. The average molecular weight is 225 g/mol. The summed E-state index contributed by atoms with van der Waals surface area (Å²) in [6, 6.07) is 6.20. The van der Waals surface area contributed by atoms with Crippen LogP contribution < -0.4 is 0 Å². The van der Waals surface area contributed by atoms with Gasteiger partial charge in [0.15, 0.2) is 0 Å². The largest absolute Gasteiger partial charge is 0.395 e. The molecule has 0 radical (unpaired) electrons. The number of aliphatic hydroxyl groups is 1. The molecule has 0 amide bonds. The number of rotatable bonds is 4. The minimum absolute atomic E-state index is 0.102. The van der Waals surface area contributed by atoms with Crippen LogP contribution in [-0.2, 0) is 5.75 Å². The average Bonchev–Trinajstić information content (AvgIpc) is 2.25. The highest BCUT2D eigenvalue weighted by Crippen LogP contribution is 2.19. The van der Waals surface area contributed by atoms with Crippen molar-refractivity contribution in [1.82, 2.24) is 0 Å². The molecule has 1 N–H and O–H groups in total. The molecule has 0 heterocycles. The van der Waals surface area contributed by atoms with E-state index in [2.05, 4.69) is 0 Å². The maximum Gasteiger partial charge on any atom is 0.124 e. The third kappa shape index (κ3) is 3.90. The maximum absolute atomic E-state index is 13.0. The number of nitrogens with zero attached hydrogens (tertiary/aromatic N) is 1. The molecule has 1 rings (SSSR count). The molecule has 2 nitrogen and oxygen atoms in total. The topological polar surface area (TPSA) is 44.0 Å². The van der Waals surface area contributed by atoms with Crippen LogP contribution in [0.4, 0.5) is 4.39 Å². The van der Waals surface area contributed by atoms with Crippen molar-refractivity contribution in [3.63, 3.8) is 0 Å². The summed E-state index contributed by atoms with van der Waals surface area (Å²) in [6.45, 7) is 2.00. The zero-order chi connectivity index (χ0) is 11.3. The molecule has 4 heteroatoms. The molecule has 0 bridgehead atoms. The van der Waals surface area contributed by atoms with Crippen molar-refractivity contribution < 1.29 is 9.50 Å². The van der Waals surface area contributed by atoms with Gasteiger partial charge >= 0.3 is 0 Å². The minimum Gasteiger partial charge on any atom is -0.395 e. The van der Waals surface area contributed by atoms with Crippen LogP contribution >= 0.6 is 11.8 Å². The lowest BCUT2D eigenvalue weighted by Crippen LogP contribution is -2.02. The predicted molar refractivity (Wildman–Crippen MR) is 59.0 cm³/mol. The third-order valence-corrected chi connectivity index (χ3v) is 3.10. The summed E-state index contributed by atoms with van der Waals surface area (Å²) in [6.07, 6.45) is 0.